The number of aromatic amines is 1. The Morgan fingerprint density at radius 1 is 1.14 bits per heavy atom. The number of methoxy groups -OCH3 is 1. The van der Waals surface area contributed by atoms with Gasteiger partial charge in [-0.3, -0.25) is 4.79 Å². The molecule has 1 aliphatic rings. The number of aromatic nitrogens is 1. The Morgan fingerprint density at radius 2 is 1.93 bits per heavy atom. The largest absolute Gasteiger partial charge is 0.508 e. The number of ether oxygens (including phenoxy) is 1. The van der Waals surface area contributed by atoms with E-state index in [-0.39, 0.29) is 11.7 Å². The van der Waals surface area contributed by atoms with Crippen molar-refractivity contribution >= 4 is 23.2 Å². The van der Waals surface area contributed by atoms with Crippen molar-refractivity contribution in [2.24, 2.45) is 0 Å². The van der Waals surface area contributed by atoms with Crippen LogP contribution in [0.4, 0.5) is 5.69 Å². The van der Waals surface area contributed by atoms with Crippen LogP contribution in [0.15, 0.2) is 54.7 Å². The molecular weight excluding hydrogens is 368 g/mol. The number of benzene rings is 2. The van der Waals surface area contributed by atoms with Gasteiger partial charge >= 0.3 is 0 Å². The number of hydrogen-bond donors (Lipinski definition) is 4. The zero-order valence-corrected chi connectivity index (χ0v) is 15.6. The van der Waals surface area contributed by atoms with Gasteiger partial charge in [-0.25, -0.2) is 0 Å². The number of amides is 1. The number of carbonyl (C=O) groups excluding carboxylic acids is 1. The smallest absolute Gasteiger partial charge is 0.256 e. The molecule has 29 heavy (non-hydrogen) atoms. The van der Waals surface area contributed by atoms with Crippen molar-refractivity contribution in [3.8, 4) is 23.3 Å². The summed E-state index contributed by atoms with van der Waals surface area (Å²) in [5, 5.41) is 22.6. The molecule has 4 rings (SSSR count). The number of carbonyl (C=O) groups is 1. The van der Waals surface area contributed by atoms with E-state index >= 15 is 0 Å². The SMILES string of the molecule is COc1cc[nH]c1/C=C1\C(=O)Nc2cccc(C#CC(O)c3ccc(O)cc3)c21. The third kappa shape index (κ3) is 3.59. The van der Waals surface area contributed by atoms with Crippen molar-refractivity contribution in [2.75, 3.05) is 12.4 Å². The minimum absolute atomic E-state index is 0.119. The molecule has 2 aromatic carbocycles. The minimum Gasteiger partial charge on any atom is -0.508 e. The molecule has 4 N–H and O–H groups in total. The van der Waals surface area contributed by atoms with Gasteiger partial charge in [0.2, 0.25) is 0 Å². The molecule has 144 valence electrons. The molecule has 1 aliphatic heterocycles. The Bertz CT molecular complexity index is 1160. The predicted octanol–water partition coefficient (Wildman–Crippen LogP) is 3.31. The molecular formula is C23H18N2O4. The third-order valence-corrected chi connectivity index (χ3v) is 4.63. The number of phenols is 1. The Morgan fingerprint density at radius 3 is 2.69 bits per heavy atom. The molecule has 0 saturated heterocycles. The van der Waals surface area contributed by atoms with Crippen molar-refractivity contribution in [3.63, 3.8) is 0 Å². The van der Waals surface area contributed by atoms with Crippen LogP contribution in [0, 0.1) is 11.8 Å². The fourth-order valence-electron chi connectivity index (χ4n) is 3.18. The molecule has 1 atom stereocenters. The highest BCUT2D eigenvalue weighted by molar-refractivity contribution is 6.35. The Balaban J connectivity index is 1.73. The lowest BCUT2D eigenvalue weighted by atomic mass is 9.99. The summed E-state index contributed by atoms with van der Waals surface area (Å²) < 4.78 is 5.30. The monoisotopic (exact) mass is 386 g/mol. The summed E-state index contributed by atoms with van der Waals surface area (Å²) in [5.41, 5.74) is 3.68. The van der Waals surface area contributed by atoms with E-state index in [4.69, 9.17) is 4.74 Å². The minimum atomic E-state index is -1.02. The average Bonchev–Trinajstić information content (AvgIpc) is 3.31. The highest BCUT2D eigenvalue weighted by Gasteiger charge is 2.27. The summed E-state index contributed by atoms with van der Waals surface area (Å²) in [4.78, 5) is 15.6. The summed E-state index contributed by atoms with van der Waals surface area (Å²) in [7, 11) is 1.56. The standard InChI is InChI=1S/C23H18N2O4/c1-29-21-11-12-24-19(21)13-17-22-15(3-2-4-18(22)25-23(17)28)7-10-20(27)14-5-8-16(26)9-6-14/h2-6,8-9,11-13,20,24,26-27H,1H3,(H,25,28)/b17-13-. The van der Waals surface area contributed by atoms with Crippen molar-refractivity contribution in [2.45, 2.75) is 6.10 Å². The van der Waals surface area contributed by atoms with Crippen molar-refractivity contribution in [1.82, 2.24) is 4.98 Å². The van der Waals surface area contributed by atoms with Crippen LogP contribution in [-0.4, -0.2) is 28.2 Å². The number of aliphatic hydroxyl groups excluding tert-OH is 1. The van der Waals surface area contributed by atoms with Crippen molar-refractivity contribution in [1.29, 1.82) is 0 Å². The van der Waals surface area contributed by atoms with Gasteiger partial charge in [0.05, 0.1) is 24.1 Å². The fraction of sp³-hybridized carbons (Fsp3) is 0.0870. The molecule has 6 heteroatoms. The van der Waals surface area contributed by atoms with Gasteiger partial charge in [-0.05, 0) is 42.0 Å². The van der Waals surface area contributed by atoms with Crippen LogP contribution in [0.5, 0.6) is 11.5 Å². The fourth-order valence-corrected chi connectivity index (χ4v) is 3.18. The van der Waals surface area contributed by atoms with E-state index in [1.54, 1.807) is 49.7 Å². The van der Waals surface area contributed by atoms with Crippen LogP contribution in [0.25, 0.3) is 11.6 Å². The molecule has 6 nitrogen and oxygen atoms in total. The first kappa shape index (κ1) is 18.4. The molecule has 1 amide bonds. The van der Waals surface area contributed by atoms with Gasteiger partial charge in [-0.15, -0.1) is 0 Å². The van der Waals surface area contributed by atoms with Crippen LogP contribution in [0.2, 0.25) is 0 Å². The number of H-pyrrole nitrogens is 1. The maximum absolute atomic E-state index is 12.5. The summed E-state index contributed by atoms with van der Waals surface area (Å²) >= 11 is 0. The van der Waals surface area contributed by atoms with Crippen molar-refractivity contribution in [3.05, 3.63) is 77.1 Å². The first-order chi connectivity index (χ1) is 14.1. The van der Waals surface area contributed by atoms with Gasteiger partial charge in [0.15, 0.2) is 0 Å². The highest BCUT2D eigenvalue weighted by Crippen LogP contribution is 2.36. The summed E-state index contributed by atoms with van der Waals surface area (Å²) in [6.07, 6.45) is 2.44. The van der Waals surface area contributed by atoms with Crippen LogP contribution >= 0.6 is 0 Å². The normalized spacial score (nSPS) is 14.7. The van der Waals surface area contributed by atoms with Gasteiger partial charge < -0.3 is 25.3 Å². The van der Waals surface area contributed by atoms with Gasteiger partial charge in [0, 0.05) is 17.3 Å². The van der Waals surface area contributed by atoms with Gasteiger partial charge in [0.1, 0.15) is 17.6 Å². The molecule has 0 fully saturated rings. The summed E-state index contributed by atoms with van der Waals surface area (Å²) in [6.45, 7) is 0. The van der Waals surface area contributed by atoms with E-state index in [0.717, 1.165) is 0 Å². The summed E-state index contributed by atoms with van der Waals surface area (Å²) in [6, 6.07) is 13.4. The number of phenolic OH excluding ortho intramolecular Hbond substituents is 1. The van der Waals surface area contributed by atoms with E-state index in [9.17, 15) is 15.0 Å². The zero-order valence-electron chi connectivity index (χ0n) is 15.6. The van der Waals surface area contributed by atoms with Crippen LogP contribution in [0.1, 0.15) is 28.5 Å². The maximum atomic E-state index is 12.5. The summed E-state index contributed by atoms with van der Waals surface area (Å²) in [5.74, 6) is 6.30. The van der Waals surface area contributed by atoms with E-state index in [2.05, 4.69) is 22.1 Å². The lowest BCUT2D eigenvalue weighted by molar-refractivity contribution is -0.110. The third-order valence-electron chi connectivity index (χ3n) is 4.63. The molecule has 1 unspecified atom stereocenters. The number of nitrogens with one attached hydrogen (secondary N) is 2. The van der Waals surface area contributed by atoms with Gasteiger partial charge in [-0.2, -0.15) is 0 Å². The van der Waals surface area contributed by atoms with E-state index in [1.165, 1.54) is 12.1 Å². The Labute approximate surface area is 167 Å². The molecule has 2 heterocycles. The van der Waals surface area contributed by atoms with Crippen molar-refractivity contribution < 1.29 is 19.7 Å². The number of hydrogen-bond acceptors (Lipinski definition) is 4. The number of fused-ring (bicyclic) bond motifs is 1. The molecule has 0 saturated carbocycles. The number of anilines is 1. The topological polar surface area (TPSA) is 94.6 Å². The van der Waals surface area contributed by atoms with Crippen LogP contribution in [-0.2, 0) is 4.79 Å². The predicted molar refractivity (Wildman–Crippen MR) is 110 cm³/mol. The molecule has 0 aliphatic carbocycles. The molecule has 1 aromatic heterocycles. The first-order valence-corrected chi connectivity index (χ1v) is 8.93. The Hall–Kier alpha value is -3.95. The number of aromatic hydroxyl groups is 1. The number of rotatable bonds is 3. The molecule has 0 bridgehead atoms. The number of aliphatic hydroxyl groups is 1. The maximum Gasteiger partial charge on any atom is 0.256 e. The zero-order chi connectivity index (χ0) is 20.4. The van der Waals surface area contributed by atoms with Gasteiger partial charge in [0.25, 0.3) is 5.91 Å². The van der Waals surface area contributed by atoms with Crippen LogP contribution in [0.3, 0.4) is 0 Å². The Kier molecular flexibility index (Phi) is 4.82. The lowest BCUT2D eigenvalue weighted by Gasteiger charge is -2.05. The first-order valence-electron chi connectivity index (χ1n) is 8.93. The van der Waals surface area contributed by atoms with Gasteiger partial charge in [-0.1, -0.05) is 30.0 Å². The second kappa shape index (κ2) is 7.58. The second-order valence-electron chi connectivity index (χ2n) is 6.46. The van der Waals surface area contributed by atoms with E-state index in [1.807, 2.05) is 6.07 Å². The lowest BCUT2D eigenvalue weighted by Crippen LogP contribution is -2.03. The van der Waals surface area contributed by atoms with E-state index < -0.39 is 6.10 Å². The van der Waals surface area contributed by atoms with E-state index in [0.29, 0.717) is 39.4 Å². The highest BCUT2D eigenvalue weighted by atomic mass is 16.5. The molecule has 0 radical (unpaired) electrons. The average molecular weight is 386 g/mol. The second-order valence-corrected chi connectivity index (χ2v) is 6.46. The van der Waals surface area contributed by atoms with Crippen LogP contribution < -0.4 is 10.1 Å². The quantitative estimate of drug-likeness (QED) is 0.410. The molecule has 3 aromatic rings. The molecule has 0 spiro atoms.